The highest BCUT2D eigenvalue weighted by Gasteiger charge is 2.04. The summed E-state index contributed by atoms with van der Waals surface area (Å²) in [6.07, 6.45) is 5.04. The van der Waals surface area contributed by atoms with Gasteiger partial charge in [0.25, 0.3) is 0 Å². The van der Waals surface area contributed by atoms with E-state index in [1.54, 1.807) is 0 Å². The van der Waals surface area contributed by atoms with E-state index in [2.05, 4.69) is 80.4 Å². The van der Waals surface area contributed by atoms with E-state index in [4.69, 9.17) is 0 Å². The second kappa shape index (κ2) is 8.77. The molecule has 0 unspecified atom stereocenters. The second-order valence-electron chi connectivity index (χ2n) is 6.59. The highest BCUT2D eigenvalue weighted by atomic mass is 35.5. The van der Waals surface area contributed by atoms with Crippen LogP contribution in [0.1, 0.15) is 31.9 Å². The molecule has 0 amide bonds. The van der Waals surface area contributed by atoms with Crippen molar-refractivity contribution in [2.45, 2.75) is 33.7 Å². The Bertz CT molecular complexity index is 727. The number of nitrogens with one attached hydrogen (secondary N) is 1. The Labute approximate surface area is 146 Å². The molecule has 122 valence electrons. The van der Waals surface area contributed by atoms with E-state index >= 15 is 0 Å². The van der Waals surface area contributed by atoms with Crippen molar-refractivity contribution in [1.82, 2.24) is 5.32 Å². The zero-order valence-corrected chi connectivity index (χ0v) is 15.3. The molecular formula is C21H26ClN. The molecule has 0 aromatic heterocycles. The van der Waals surface area contributed by atoms with Gasteiger partial charge in [0.15, 0.2) is 0 Å². The fourth-order valence-corrected chi connectivity index (χ4v) is 2.45. The highest BCUT2D eigenvalue weighted by Crippen LogP contribution is 2.23. The van der Waals surface area contributed by atoms with Gasteiger partial charge < -0.3 is 5.32 Å². The van der Waals surface area contributed by atoms with Gasteiger partial charge in [0.1, 0.15) is 0 Å². The Kier molecular flexibility index (Phi) is 7.36. The molecule has 0 fully saturated rings. The third kappa shape index (κ3) is 5.75. The Morgan fingerprint density at radius 1 is 1.00 bits per heavy atom. The minimum Gasteiger partial charge on any atom is -0.316 e. The number of benzene rings is 2. The van der Waals surface area contributed by atoms with Gasteiger partial charge in [-0.15, -0.1) is 12.4 Å². The molecule has 2 aromatic rings. The first-order valence-electron chi connectivity index (χ1n) is 7.83. The van der Waals surface area contributed by atoms with Crippen molar-refractivity contribution in [3.63, 3.8) is 0 Å². The van der Waals surface area contributed by atoms with Crippen molar-refractivity contribution in [2.24, 2.45) is 5.41 Å². The molecule has 2 rings (SSSR count). The summed E-state index contributed by atoms with van der Waals surface area (Å²) in [6, 6.07) is 13.1. The molecule has 0 atom stereocenters. The first-order chi connectivity index (χ1) is 10.5. The van der Waals surface area contributed by atoms with Crippen LogP contribution in [0.3, 0.4) is 0 Å². The maximum atomic E-state index is 3.24. The van der Waals surface area contributed by atoms with Crippen LogP contribution < -0.4 is 5.32 Å². The molecule has 0 spiro atoms. The molecule has 1 N–H and O–H groups in total. The fraction of sp³-hybridized carbons (Fsp3) is 0.333. The van der Waals surface area contributed by atoms with E-state index in [9.17, 15) is 0 Å². The van der Waals surface area contributed by atoms with Crippen LogP contribution in [0.2, 0.25) is 0 Å². The van der Waals surface area contributed by atoms with Crippen molar-refractivity contribution in [3.8, 4) is 11.8 Å². The lowest BCUT2D eigenvalue weighted by Crippen LogP contribution is -2.05. The van der Waals surface area contributed by atoms with Gasteiger partial charge in [0.2, 0.25) is 0 Å². The molecule has 0 aliphatic heterocycles. The molecule has 0 heterocycles. The normalized spacial score (nSPS) is 11.1. The summed E-state index contributed by atoms with van der Waals surface area (Å²) in [5, 5.41) is 5.91. The summed E-state index contributed by atoms with van der Waals surface area (Å²) in [5.41, 5.74) is 2.76. The number of allylic oxidation sites excluding steroid dienone is 2. The van der Waals surface area contributed by atoms with Crippen molar-refractivity contribution in [1.29, 1.82) is 0 Å². The van der Waals surface area contributed by atoms with E-state index in [0.29, 0.717) is 0 Å². The zero-order valence-electron chi connectivity index (χ0n) is 14.4. The van der Waals surface area contributed by atoms with Crippen LogP contribution in [0.4, 0.5) is 0 Å². The predicted molar refractivity (Wildman–Crippen MR) is 104 cm³/mol. The Morgan fingerprint density at radius 3 is 2.22 bits per heavy atom. The molecule has 0 saturated heterocycles. The molecular weight excluding hydrogens is 302 g/mol. The highest BCUT2D eigenvalue weighted by molar-refractivity contribution is 5.88. The topological polar surface area (TPSA) is 12.0 Å². The quantitative estimate of drug-likeness (QED) is 0.768. The average Bonchev–Trinajstić information content (AvgIpc) is 2.48. The van der Waals surface area contributed by atoms with Crippen LogP contribution >= 0.6 is 12.4 Å². The first kappa shape index (κ1) is 19.3. The number of rotatable bonds is 4. The first-order valence-corrected chi connectivity index (χ1v) is 7.83. The third-order valence-corrected chi connectivity index (χ3v) is 3.46. The van der Waals surface area contributed by atoms with Gasteiger partial charge in [0.05, 0.1) is 0 Å². The fourth-order valence-electron chi connectivity index (χ4n) is 2.45. The summed E-state index contributed by atoms with van der Waals surface area (Å²) in [7, 11) is 1.99. The van der Waals surface area contributed by atoms with Crippen LogP contribution in [0.15, 0.2) is 48.6 Å². The molecule has 0 saturated carbocycles. The Morgan fingerprint density at radius 2 is 1.61 bits per heavy atom. The summed E-state index contributed by atoms with van der Waals surface area (Å²) < 4.78 is 0. The molecule has 0 bridgehead atoms. The smallest absolute Gasteiger partial charge is 0.0233 e. The lowest BCUT2D eigenvalue weighted by Gasteiger charge is -2.10. The molecule has 1 nitrogen and oxygen atoms in total. The summed E-state index contributed by atoms with van der Waals surface area (Å²) in [4.78, 5) is 0. The van der Waals surface area contributed by atoms with Gasteiger partial charge in [0, 0.05) is 12.0 Å². The number of halogens is 1. The zero-order chi connectivity index (χ0) is 16.0. The molecule has 0 aliphatic carbocycles. The Hall–Kier alpha value is -1.75. The molecule has 2 aromatic carbocycles. The standard InChI is InChI=1S/C21H25N.ClH/c1-21(2,3)15-9-5-6-10-17-13-14-18(16-22-4)20-12-8-7-11-19(17)20;/h5-8,11-14,22H,10,16H2,1-4H3;1H/b6-5+;. The number of fused-ring (bicyclic) bond motifs is 1. The summed E-state index contributed by atoms with van der Waals surface area (Å²) in [6.45, 7) is 7.28. The summed E-state index contributed by atoms with van der Waals surface area (Å²) in [5.74, 6) is 6.36. The monoisotopic (exact) mass is 327 g/mol. The van der Waals surface area contributed by atoms with Gasteiger partial charge in [-0.05, 0) is 62.2 Å². The van der Waals surface area contributed by atoms with Crippen LogP contribution in [0.25, 0.3) is 10.8 Å². The maximum Gasteiger partial charge on any atom is 0.0233 e. The lowest BCUT2D eigenvalue weighted by atomic mass is 9.97. The van der Waals surface area contributed by atoms with E-state index in [1.807, 2.05) is 13.1 Å². The predicted octanol–water partition coefficient (Wildman–Crippen LogP) is 5.13. The maximum absolute atomic E-state index is 3.24. The molecule has 23 heavy (non-hydrogen) atoms. The molecule has 0 aliphatic rings. The number of hydrogen-bond acceptors (Lipinski definition) is 1. The lowest BCUT2D eigenvalue weighted by molar-refractivity contribution is 0.571. The van der Waals surface area contributed by atoms with Gasteiger partial charge in [-0.1, -0.05) is 54.3 Å². The van der Waals surface area contributed by atoms with Crippen molar-refractivity contribution in [2.75, 3.05) is 7.05 Å². The van der Waals surface area contributed by atoms with Crippen molar-refractivity contribution >= 4 is 23.2 Å². The van der Waals surface area contributed by atoms with E-state index in [0.717, 1.165) is 13.0 Å². The Balaban J connectivity index is 0.00000264. The van der Waals surface area contributed by atoms with Crippen LogP contribution in [-0.4, -0.2) is 7.05 Å². The van der Waals surface area contributed by atoms with Crippen molar-refractivity contribution in [3.05, 3.63) is 59.7 Å². The van der Waals surface area contributed by atoms with Gasteiger partial charge in [-0.3, -0.25) is 0 Å². The van der Waals surface area contributed by atoms with Gasteiger partial charge in [-0.2, -0.15) is 0 Å². The van der Waals surface area contributed by atoms with Gasteiger partial charge in [-0.25, -0.2) is 0 Å². The third-order valence-electron chi connectivity index (χ3n) is 3.46. The summed E-state index contributed by atoms with van der Waals surface area (Å²) >= 11 is 0. The van der Waals surface area contributed by atoms with Crippen LogP contribution in [0, 0.1) is 17.3 Å². The minimum atomic E-state index is 0. The van der Waals surface area contributed by atoms with Gasteiger partial charge >= 0.3 is 0 Å². The van der Waals surface area contributed by atoms with E-state index < -0.39 is 0 Å². The van der Waals surface area contributed by atoms with E-state index in [-0.39, 0.29) is 17.8 Å². The molecule has 2 heteroatoms. The van der Waals surface area contributed by atoms with Crippen LogP contribution in [-0.2, 0) is 13.0 Å². The molecule has 0 radical (unpaired) electrons. The second-order valence-corrected chi connectivity index (χ2v) is 6.59. The van der Waals surface area contributed by atoms with Crippen LogP contribution in [0.5, 0.6) is 0 Å². The number of hydrogen-bond donors (Lipinski definition) is 1. The largest absolute Gasteiger partial charge is 0.316 e. The SMILES string of the molecule is CNCc1ccc(C/C=C/C#CC(C)(C)C)c2ccccc12.Cl. The van der Waals surface area contributed by atoms with E-state index in [1.165, 1.54) is 21.9 Å². The van der Waals surface area contributed by atoms with Crippen molar-refractivity contribution < 1.29 is 0 Å². The average molecular weight is 328 g/mol. The minimum absolute atomic E-state index is 0.